The lowest BCUT2D eigenvalue weighted by Crippen LogP contribution is -2.40. The molecule has 1 aliphatic rings. The summed E-state index contributed by atoms with van der Waals surface area (Å²) in [6.45, 7) is 0. The van der Waals surface area contributed by atoms with E-state index in [4.69, 9.17) is 9.84 Å². The monoisotopic (exact) mass is 322 g/mol. The maximum absolute atomic E-state index is 12.7. The van der Waals surface area contributed by atoms with E-state index in [9.17, 15) is 18.0 Å². The van der Waals surface area contributed by atoms with Crippen LogP contribution < -0.4 is 4.74 Å². The lowest BCUT2D eigenvalue weighted by atomic mass is 10.0. The second-order valence-corrected chi connectivity index (χ2v) is 4.54. The molecule has 1 aromatic rings. The first kappa shape index (κ1) is 12.9. The second kappa shape index (κ2) is 4.31. The topological polar surface area (TPSA) is 46.5 Å². The quantitative estimate of drug-likeness (QED) is 0.863. The number of rotatable bonds is 1. The van der Waals surface area contributed by atoms with Gasteiger partial charge in [-0.05, 0) is 18.2 Å². The van der Waals surface area contributed by atoms with E-state index in [1.807, 2.05) is 0 Å². The van der Waals surface area contributed by atoms with Gasteiger partial charge in [0.25, 0.3) is 0 Å². The molecule has 0 bridgehead atoms. The Morgan fingerprint density at radius 1 is 1.39 bits per heavy atom. The van der Waals surface area contributed by atoms with Gasteiger partial charge >= 0.3 is 12.1 Å². The fourth-order valence-electron chi connectivity index (χ4n) is 1.58. The molecule has 0 aromatic heterocycles. The SMILES string of the molecule is O=C(O)C1=Cc2ccc(Br)cc2O[C@@H]1C(F)(F)F. The van der Waals surface area contributed by atoms with Crippen molar-refractivity contribution >= 4 is 28.0 Å². The molecule has 0 unspecified atom stereocenters. The molecule has 2 rings (SSSR count). The minimum atomic E-state index is -4.77. The molecule has 0 saturated heterocycles. The fraction of sp³-hybridized carbons (Fsp3) is 0.182. The largest absolute Gasteiger partial charge is 0.478 e. The summed E-state index contributed by atoms with van der Waals surface area (Å²) in [5.74, 6) is -1.65. The van der Waals surface area contributed by atoms with Gasteiger partial charge in [-0.25, -0.2) is 4.79 Å². The van der Waals surface area contributed by atoms with Crippen molar-refractivity contribution in [2.45, 2.75) is 12.3 Å². The van der Waals surface area contributed by atoms with Crippen LogP contribution in [0.15, 0.2) is 28.2 Å². The molecule has 1 aliphatic heterocycles. The van der Waals surface area contributed by atoms with E-state index in [1.54, 1.807) is 6.07 Å². The molecule has 1 heterocycles. The Kier molecular flexibility index (Phi) is 3.10. The van der Waals surface area contributed by atoms with Gasteiger partial charge in [0.15, 0.2) is 0 Å². The number of ether oxygens (including phenoxy) is 1. The molecule has 0 spiro atoms. The standard InChI is InChI=1S/C11H6BrF3O3/c12-6-2-1-5-3-7(10(16)17)9(11(13,14)15)18-8(5)4-6/h1-4,9H,(H,16,17)/t9-/m0/s1. The summed E-state index contributed by atoms with van der Waals surface area (Å²) in [5, 5.41) is 8.79. The lowest BCUT2D eigenvalue weighted by molar-refractivity contribution is -0.187. The van der Waals surface area contributed by atoms with Gasteiger partial charge in [0.1, 0.15) is 5.75 Å². The molecule has 0 fully saturated rings. The summed E-state index contributed by atoms with van der Waals surface area (Å²) in [7, 11) is 0. The van der Waals surface area contributed by atoms with Crippen molar-refractivity contribution in [3.63, 3.8) is 0 Å². The first-order valence-electron chi connectivity index (χ1n) is 4.77. The molecule has 1 atom stereocenters. The Balaban J connectivity index is 2.53. The predicted octanol–water partition coefficient (Wildman–Crippen LogP) is 3.24. The second-order valence-electron chi connectivity index (χ2n) is 3.63. The highest BCUT2D eigenvalue weighted by molar-refractivity contribution is 9.10. The molecular formula is C11H6BrF3O3. The number of hydrogen-bond donors (Lipinski definition) is 1. The van der Waals surface area contributed by atoms with Crippen molar-refractivity contribution in [2.24, 2.45) is 0 Å². The van der Waals surface area contributed by atoms with Gasteiger partial charge in [0.05, 0.1) is 5.57 Å². The molecular weight excluding hydrogens is 317 g/mol. The van der Waals surface area contributed by atoms with Crippen LogP contribution in [0, 0.1) is 0 Å². The van der Waals surface area contributed by atoms with Crippen LogP contribution >= 0.6 is 15.9 Å². The van der Waals surface area contributed by atoms with Gasteiger partial charge in [-0.15, -0.1) is 0 Å². The fourth-order valence-corrected chi connectivity index (χ4v) is 1.92. The zero-order chi connectivity index (χ0) is 13.5. The average Bonchev–Trinajstić information content (AvgIpc) is 2.25. The number of halogens is 4. The van der Waals surface area contributed by atoms with Crippen LogP contribution in [-0.2, 0) is 4.79 Å². The van der Waals surface area contributed by atoms with Crippen LogP contribution in [0.3, 0.4) is 0 Å². The van der Waals surface area contributed by atoms with E-state index in [0.717, 1.165) is 6.08 Å². The summed E-state index contributed by atoms with van der Waals surface area (Å²) >= 11 is 3.11. The van der Waals surface area contributed by atoms with Crippen LogP contribution in [0.2, 0.25) is 0 Å². The van der Waals surface area contributed by atoms with E-state index in [-0.39, 0.29) is 5.75 Å². The van der Waals surface area contributed by atoms with Crippen LogP contribution in [-0.4, -0.2) is 23.4 Å². The summed E-state index contributed by atoms with van der Waals surface area (Å²) < 4.78 is 43.4. The van der Waals surface area contributed by atoms with E-state index in [2.05, 4.69) is 15.9 Å². The summed E-state index contributed by atoms with van der Waals surface area (Å²) in [6, 6.07) is 4.43. The number of benzene rings is 1. The highest BCUT2D eigenvalue weighted by Crippen LogP contribution is 2.38. The van der Waals surface area contributed by atoms with Crippen LogP contribution in [0.5, 0.6) is 5.75 Å². The predicted molar refractivity (Wildman–Crippen MR) is 60.2 cm³/mol. The van der Waals surface area contributed by atoms with E-state index in [1.165, 1.54) is 12.1 Å². The molecule has 0 aliphatic carbocycles. The van der Waals surface area contributed by atoms with Crippen molar-refractivity contribution in [3.8, 4) is 5.75 Å². The van der Waals surface area contributed by atoms with E-state index >= 15 is 0 Å². The Morgan fingerprint density at radius 3 is 2.61 bits per heavy atom. The minimum Gasteiger partial charge on any atom is -0.478 e. The third-order valence-corrected chi connectivity index (χ3v) is 2.85. The van der Waals surface area contributed by atoms with Crippen molar-refractivity contribution in [1.82, 2.24) is 0 Å². The smallest absolute Gasteiger partial charge is 0.430 e. The van der Waals surface area contributed by atoms with Crippen molar-refractivity contribution in [2.75, 3.05) is 0 Å². The zero-order valence-corrected chi connectivity index (χ0v) is 10.2. The van der Waals surface area contributed by atoms with Gasteiger partial charge in [-0.2, -0.15) is 13.2 Å². The maximum Gasteiger partial charge on any atom is 0.430 e. The van der Waals surface area contributed by atoms with Crippen molar-refractivity contribution < 1.29 is 27.8 Å². The summed E-state index contributed by atoms with van der Waals surface area (Å²) in [5.41, 5.74) is -0.520. The summed E-state index contributed by atoms with van der Waals surface area (Å²) in [4.78, 5) is 10.8. The lowest BCUT2D eigenvalue weighted by Gasteiger charge is -2.27. The molecule has 0 saturated carbocycles. The van der Waals surface area contributed by atoms with Crippen LogP contribution in [0.1, 0.15) is 5.56 Å². The number of fused-ring (bicyclic) bond motifs is 1. The van der Waals surface area contributed by atoms with Crippen molar-refractivity contribution in [3.05, 3.63) is 33.8 Å². The highest BCUT2D eigenvalue weighted by atomic mass is 79.9. The molecule has 18 heavy (non-hydrogen) atoms. The normalized spacial score (nSPS) is 18.7. The molecule has 0 amide bonds. The van der Waals surface area contributed by atoms with Gasteiger partial charge < -0.3 is 9.84 Å². The van der Waals surface area contributed by atoms with Crippen molar-refractivity contribution in [1.29, 1.82) is 0 Å². The van der Waals surface area contributed by atoms with E-state index in [0.29, 0.717) is 10.0 Å². The first-order chi connectivity index (χ1) is 8.29. The molecule has 0 radical (unpaired) electrons. The summed E-state index contributed by atoms with van der Waals surface area (Å²) in [6.07, 6.45) is -6.24. The van der Waals surface area contributed by atoms with Crippen LogP contribution in [0.25, 0.3) is 6.08 Å². The van der Waals surface area contributed by atoms with Gasteiger partial charge in [-0.1, -0.05) is 22.0 Å². The highest BCUT2D eigenvalue weighted by Gasteiger charge is 2.48. The Hall–Kier alpha value is -1.50. The average molecular weight is 323 g/mol. The number of hydrogen-bond acceptors (Lipinski definition) is 2. The number of carboxylic acid groups (broad SMARTS) is 1. The minimum absolute atomic E-state index is 0.00306. The van der Waals surface area contributed by atoms with Gasteiger partial charge in [-0.3, -0.25) is 0 Å². The Morgan fingerprint density at radius 2 is 2.06 bits per heavy atom. The molecule has 3 nitrogen and oxygen atoms in total. The van der Waals surface area contributed by atoms with Gasteiger partial charge in [0.2, 0.25) is 6.10 Å². The van der Waals surface area contributed by atoms with Gasteiger partial charge in [0, 0.05) is 10.0 Å². The number of aliphatic carboxylic acids is 1. The number of carbonyl (C=O) groups is 1. The Labute approximate surface area is 108 Å². The number of alkyl halides is 3. The molecule has 1 aromatic carbocycles. The van der Waals surface area contributed by atoms with E-state index < -0.39 is 23.8 Å². The Bertz CT molecular complexity index is 537. The first-order valence-corrected chi connectivity index (χ1v) is 5.56. The maximum atomic E-state index is 12.7. The molecule has 7 heteroatoms. The number of carboxylic acids is 1. The third-order valence-electron chi connectivity index (χ3n) is 2.36. The van der Waals surface area contributed by atoms with Crippen LogP contribution in [0.4, 0.5) is 13.2 Å². The molecule has 96 valence electrons. The molecule has 1 N–H and O–H groups in total. The third kappa shape index (κ3) is 2.35. The zero-order valence-electron chi connectivity index (χ0n) is 8.66.